The molecule has 3 saturated heterocycles. The molecule has 0 aliphatic carbocycles. The molecule has 0 bridgehead atoms. The number of nitrogens with one attached hydrogen (secondary N) is 1. The van der Waals surface area contributed by atoms with Crippen LogP contribution in [0.15, 0.2) is 30.3 Å². The Kier molecular flexibility index (Phi) is 6.60. The number of amides is 2. The first kappa shape index (κ1) is 20.0. The van der Waals surface area contributed by atoms with Crippen molar-refractivity contribution >= 4 is 24.2 Å². The molecule has 7 heteroatoms. The van der Waals surface area contributed by atoms with Crippen LogP contribution in [-0.2, 0) is 9.59 Å². The van der Waals surface area contributed by atoms with Gasteiger partial charge in [0.15, 0.2) is 6.61 Å². The van der Waals surface area contributed by atoms with E-state index in [0.29, 0.717) is 24.1 Å². The Morgan fingerprint density at radius 1 is 1.04 bits per heavy atom. The smallest absolute Gasteiger partial charge is 0.260 e. The zero-order valence-corrected chi connectivity index (χ0v) is 16.3. The van der Waals surface area contributed by atoms with Crippen molar-refractivity contribution in [2.45, 2.75) is 12.8 Å². The number of benzene rings is 1. The minimum Gasteiger partial charge on any atom is -0.484 e. The van der Waals surface area contributed by atoms with Crippen LogP contribution < -0.4 is 10.1 Å². The molecular formula is C20H28ClN3O3. The second-order valence-corrected chi connectivity index (χ2v) is 7.70. The molecule has 0 radical (unpaired) electrons. The highest BCUT2D eigenvalue weighted by Gasteiger charge is 2.40. The lowest BCUT2D eigenvalue weighted by molar-refractivity contribution is -0.141. The fourth-order valence-electron chi connectivity index (χ4n) is 4.45. The minimum absolute atomic E-state index is 0. The third-order valence-electron chi connectivity index (χ3n) is 5.93. The topological polar surface area (TPSA) is 61.9 Å². The Balaban J connectivity index is 0.00000210. The minimum atomic E-state index is -0.0591. The first-order valence-electron chi connectivity index (χ1n) is 9.66. The molecule has 1 aromatic carbocycles. The van der Waals surface area contributed by atoms with Crippen LogP contribution in [0.4, 0.5) is 0 Å². The molecule has 3 aliphatic rings. The van der Waals surface area contributed by atoms with Gasteiger partial charge in [-0.2, -0.15) is 0 Å². The first-order chi connectivity index (χ1) is 12.7. The molecule has 6 nitrogen and oxygen atoms in total. The van der Waals surface area contributed by atoms with Crippen molar-refractivity contribution in [1.82, 2.24) is 15.1 Å². The normalized spacial score (nSPS) is 27.0. The van der Waals surface area contributed by atoms with E-state index in [0.717, 1.165) is 45.6 Å². The van der Waals surface area contributed by atoms with Crippen molar-refractivity contribution in [3.05, 3.63) is 30.3 Å². The number of piperidine rings is 1. The van der Waals surface area contributed by atoms with Gasteiger partial charge in [-0.15, -0.1) is 12.4 Å². The molecule has 148 valence electrons. The van der Waals surface area contributed by atoms with Crippen molar-refractivity contribution in [3.63, 3.8) is 0 Å². The SMILES string of the molecule is Cl.O=C(COc1ccccc1)N1CCCC(C(=O)N2C[C@H]3CNC[C@H]3C2)C1. The van der Waals surface area contributed by atoms with Crippen LogP contribution in [0.1, 0.15) is 12.8 Å². The molecule has 4 rings (SSSR count). The number of ether oxygens (including phenoxy) is 1. The highest BCUT2D eigenvalue weighted by atomic mass is 35.5. The van der Waals surface area contributed by atoms with Gasteiger partial charge < -0.3 is 19.9 Å². The highest BCUT2D eigenvalue weighted by molar-refractivity contribution is 5.85. The Morgan fingerprint density at radius 2 is 1.74 bits per heavy atom. The van der Waals surface area contributed by atoms with E-state index in [2.05, 4.69) is 5.32 Å². The first-order valence-corrected chi connectivity index (χ1v) is 9.66. The zero-order chi connectivity index (χ0) is 17.9. The van der Waals surface area contributed by atoms with E-state index in [1.54, 1.807) is 4.90 Å². The maximum atomic E-state index is 12.9. The number of carbonyl (C=O) groups excluding carboxylic acids is 2. The molecule has 3 fully saturated rings. The van der Waals surface area contributed by atoms with Crippen molar-refractivity contribution < 1.29 is 14.3 Å². The summed E-state index contributed by atoms with van der Waals surface area (Å²) in [5.74, 6) is 2.06. The summed E-state index contributed by atoms with van der Waals surface area (Å²) in [6, 6.07) is 9.37. The predicted octanol–water partition coefficient (Wildman–Crippen LogP) is 1.40. The van der Waals surface area contributed by atoms with Gasteiger partial charge in [0.25, 0.3) is 5.91 Å². The van der Waals surface area contributed by atoms with Gasteiger partial charge >= 0.3 is 0 Å². The van der Waals surface area contributed by atoms with E-state index < -0.39 is 0 Å². The zero-order valence-electron chi connectivity index (χ0n) is 15.5. The number of rotatable bonds is 4. The molecule has 0 saturated carbocycles. The Hall–Kier alpha value is -1.79. The maximum absolute atomic E-state index is 12.9. The van der Waals surface area contributed by atoms with E-state index >= 15 is 0 Å². The average molecular weight is 394 g/mol. The van der Waals surface area contributed by atoms with Gasteiger partial charge in [-0.25, -0.2) is 0 Å². The average Bonchev–Trinajstić information content (AvgIpc) is 3.28. The van der Waals surface area contributed by atoms with Crippen LogP contribution in [0.2, 0.25) is 0 Å². The van der Waals surface area contributed by atoms with Crippen LogP contribution in [0.25, 0.3) is 0 Å². The number of fused-ring (bicyclic) bond motifs is 1. The number of nitrogens with zero attached hydrogens (tertiary/aromatic N) is 2. The number of likely N-dealkylation sites (tertiary alicyclic amines) is 2. The van der Waals surface area contributed by atoms with E-state index in [-0.39, 0.29) is 36.7 Å². The third kappa shape index (κ3) is 4.55. The van der Waals surface area contributed by atoms with Gasteiger partial charge in [0.2, 0.25) is 5.91 Å². The number of hydrogen-bond donors (Lipinski definition) is 1. The van der Waals surface area contributed by atoms with Crippen molar-refractivity contribution in [1.29, 1.82) is 0 Å². The summed E-state index contributed by atoms with van der Waals surface area (Å²) in [6.07, 6.45) is 1.77. The Morgan fingerprint density at radius 3 is 2.44 bits per heavy atom. The highest BCUT2D eigenvalue weighted by Crippen LogP contribution is 2.29. The van der Waals surface area contributed by atoms with Crippen LogP contribution >= 0.6 is 12.4 Å². The second-order valence-electron chi connectivity index (χ2n) is 7.70. The molecule has 1 N–H and O–H groups in total. The van der Waals surface area contributed by atoms with Crippen molar-refractivity contribution in [2.24, 2.45) is 17.8 Å². The van der Waals surface area contributed by atoms with Gasteiger partial charge in [-0.1, -0.05) is 18.2 Å². The summed E-state index contributed by atoms with van der Waals surface area (Å²) in [7, 11) is 0. The van der Waals surface area contributed by atoms with Crippen LogP contribution in [0.5, 0.6) is 5.75 Å². The van der Waals surface area contributed by atoms with Crippen LogP contribution in [-0.4, -0.2) is 67.5 Å². The number of para-hydroxylation sites is 1. The quantitative estimate of drug-likeness (QED) is 0.840. The Bertz CT molecular complexity index is 645. The summed E-state index contributed by atoms with van der Waals surface area (Å²) in [5.41, 5.74) is 0. The fourth-order valence-corrected chi connectivity index (χ4v) is 4.45. The second kappa shape index (κ2) is 8.93. The summed E-state index contributed by atoms with van der Waals surface area (Å²) < 4.78 is 5.57. The maximum Gasteiger partial charge on any atom is 0.260 e. The lowest BCUT2D eigenvalue weighted by atomic mass is 9.96. The molecule has 3 heterocycles. The lowest BCUT2D eigenvalue weighted by Crippen LogP contribution is -2.47. The van der Waals surface area contributed by atoms with Crippen molar-refractivity contribution in [2.75, 3.05) is 45.9 Å². The van der Waals surface area contributed by atoms with Gasteiger partial charge in [-0.3, -0.25) is 9.59 Å². The fraction of sp³-hybridized carbons (Fsp3) is 0.600. The largest absolute Gasteiger partial charge is 0.484 e. The summed E-state index contributed by atoms with van der Waals surface area (Å²) in [4.78, 5) is 29.2. The van der Waals surface area contributed by atoms with Crippen molar-refractivity contribution in [3.8, 4) is 5.75 Å². The summed E-state index contributed by atoms with van der Waals surface area (Å²) in [5, 5.41) is 3.41. The number of carbonyl (C=O) groups is 2. The molecule has 0 aromatic heterocycles. The Labute approximate surface area is 166 Å². The number of halogens is 1. The van der Waals surface area contributed by atoms with Crippen LogP contribution in [0.3, 0.4) is 0 Å². The van der Waals surface area contributed by atoms with Gasteiger partial charge in [0, 0.05) is 39.3 Å². The van der Waals surface area contributed by atoms with Crippen LogP contribution in [0, 0.1) is 17.8 Å². The molecule has 27 heavy (non-hydrogen) atoms. The summed E-state index contributed by atoms with van der Waals surface area (Å²) >= 11 is 0. The predicted molar refractivity (Wildman–Crippen MR) is 105 cm³/mol. The van der Waals surface area contributed by atoms with Gasteiger partial charge in [0.05, 0.1) is 5.92 Å². The van der Waals surface area contributed by atoms with E-state index in [9.17, 15) is 9.59 Å². The molecule has 3 atom stereocenters. The summed E-state index contributed by atoms with van der Waals surface area (Å²) in [6.45, 7) is 5.08. The van der Waals surface area contributed by atoms with E-state index in [4.69, 9.17) is 4.74 Å². The molecule has 1 aromatic rings. The third-order valence-corrected chi connectivity index (χ3v) is 5.93. The molecule has 0 spiro atoms. The van der Waals surface area contributed by atoms with Gasteiger partial charge in [-0.05, 0) is 36.8 Å². The van der Waals surface area contributed by atoms with E-state index in [1.807, 2.05) is 35.2 Å². The lowest BCUT2D eigenvalue weighted by Gasteiger charge is -2.34. The molecule has 3 aliphatic heterocycles. The van der Waals surface area contributed by atoms with Gasteiger partial charge in [0.1, 0.15) is 5.75 Å². The monoisotopic (exact) mass is 393 g/mol. The van der Waals surface area contributed by atoms with E-state index in [1.165, 1.54) is 0 Å². The standard InChI is InChI=1S/C20H27N3O3.ClH/c24-19(14-26-18-6-2-1-3-7-18)22-8-4-5-15(11-22)20(25)23-12-16-9-21-10-17(16)13-23;/h1-3,6-7,15-17,21H,4-5,8-14H2;1H/t15?,16-,17+;. The number of hydrogen-bond acceptors (Lipinski definition) is 4. The molecule has 1 unspecified atom stereocenters. The molecular weight excluding hydrogens is 366 g/mol. The molecule has 2 amide bonds.